The second-order valence-electron chi connectivity index (χ2n) is 3.45. The zero-order chi connectivity index (χ0) is 13.1. The van der Waals surface area contributed by atoms with Crippen LogP contribution in [0.4, 0.5) is 4.39 Å². The maximum Gasteiger partial charge on any atom is 0.345 e. The Labute approximate surface area is 103 Å². The second kappa shape index (κ2) is 4.87. The molecule has 0 aliphatic rings. The van der Waals surface area contributed by atoms with Gasteiger partial charge in [-0.25, -0.2) is 13.9 Å². The van der Waals surface area contributed by atoms with Crippen LogP contribution in [0.2, 0.25) is 0 Å². The van der Waals surface area contributed by atoms with Gasteiger partial charge in [0.1, 0.15) is 11.4 Å². The number of rotatable bonds is 3. The first-order chi connectivity index (χ1) is 8.67. The first-order valence-corrected chi connectivity index (χ1v) is 5.13. The minimum atomic E-state index is -0.541. The second-order valence-corrected chi connectivity index (χ2v) is 3.45. The van der Waals surface area contributed by atoms with E-state index in [-0.39, 0.29) is 17.3 Å². The third kappa shape index (κ3) is 2.04. The topological polar surface area (TPSA) is 53.3 Å². The number of hydrogen-bond donors (Lipinski definition) is 0. The van der Waals surface area contributed by atoms with Gasteiger partial charge >= 0.3 is 5.97 Å². The SMILES string of the molecule is COC(=O)c1cnn(-c2ccc(F)cc2)c1OC. The lowest BCUT2D eigenvalue weighted by Crippen LogP contribution is -2.05. The maximum atomic E-state index is 12.8. The van der Waals surface area contributed by atoms with Crippen molar-refractivity contribution in [3.05, 3.63) is 41.8 Å². The third-order valence-corrected chi connectivity index (χ3v) is 2.39. The molecule has 5 nitrogen and oxygen atoms in total. The summed E-state index contributed by atoms with van der Waals surface area (Å²) in [5.41, 5.74) is 0.799. The van der Waals surface area contributed by atoms with Crippen molar-refractivity contribution >= 4 is 5.97 Å². The molecule has 0 unspecified atom stereocenters. The molecule has 6 heteroatoms. The maximum absolute atomic E-state index is 12.8. The Kier molecular flexibility index (Phi) is 3.27. The Hall–Kier alpha value is -2.37. The Morgan fingerprint density at radius 2 is 1.94 bits per heavy atom. The van der Waals surface area contributed by atoms with Crippen LogP contribution in [0.15, 0.2) is 30.5 Å². The van der Waals surface area contributed by atoms with Gasteiger partial charge in [-0.05, 0) is 24.3 Å². The zero-order valence-corrected chi connectivity index (χ0v) is 9.88. The highest BCUT2D eigenvalue weighted by atomic mass is 19.1. The summed E-state index contributed by atoms with van der Waals surface area (Å²) in [7, 11) is 2.69. The molecule has 0 aliphatic carbocycles. The summed E-state index contributed by atoms with van der Waals surface area (Å²) in [4.78, 5) is 11.5. The molecule has 0 spiro atoms. The number of ether oxygens (including phenoxy) is 2. The van der Waals surface area contributed by atoms with Crippen LogP contribution >= 0.6 is 0 Å². The third-order valence-electron chi connectivity index (χ3n) is 2.39. The Bertz CT molecular complexity index is 563. The van der Waals surface area contributed by atoms with Crippen molar-refractivity contribution in [2.45, 2.75) is 0 Å². The summed E-state index contributed by atoms with van der Waals surface area (Å²) in [6, 6.07) is 5.67. The van der Waals surface area contributed by atoms with Crippen LogP contribution in [0.5, 0.6) is 5.88 Å². The fourth-order valence-electron chi connectivity index (χ4n) is 1.55. The fourth-order valence-corrected chi connectivity index (χ4v) is 1.55. The average Bonchev–Trinajstić information content (AvgIpc) is 2.82. The van der Waals surface area contributed by atoms with Crippen LogP contribution < -0.4 is 4.74 Å². The van der Waals surface area contributed by atoms with Crippen LogP contribution in [-0.4, -0.2) is 30.0 Å². The highest BCUT2D eigenvalue weighted by Crippen LogP contribution is 2.23. The van der Waals surface area contributed by atoms with Gasteiger partial charge in [-0.15, -0.1) is 0 Å². The van der Waals surface area contributed by atoms with Gasteiger partial charge in [0.15, 0.2) is 0 Å². The average molecular weight is 250 g/mol. The van der Waals surface area contributed by atoms with E-state index in [0.717, 1.165) is 0 Å². The van der Waals surface area contributed by atoms with Gasteiger partial charge < -0.3 is 9.47 Å². The quantitative estimate of drug-likeness (QED) is 0.779. The molecular weight excluding hydrogens is 239 g/mol. The van der Waals surface area contributed by atoms with E-state index in [1.54, 1.807) is 0 Å². The molecule has 0 fully saturated rings. The molecule has 1 aromatic carbocycles. The van der Waals surface area contributed by atoms with Crippen molar-refractivity contribution in [2.75, 3.05) is 14.2 Å². The number of carbonyl (C=O) groups excluding carboxylic acids is 1. The smallest absolute Gasteiger partial charge is 0.345 e. The summed E-state index contributed by atoms with van der Waals surface area (Å²) in [6.07, 6.45) is 1.34. The van der Waals surface area contributed by atoms with Crippen LogP contribution in [-0.2, 0) is 4.74 Å². The van der Waals surface area contributed by atoms with Crippen LogP contribution in [0.3, 0.4) is 0 Å². The predicted octanol–water partition coefficient (Wildman–Crippen LogP) is 1.81. The highest BCUT2D eigenvalue weighted by molar-refractivity contribution is 5.91. The Morgan fingerprint density at radius 1 is 1.28 bits per heavy atom. The molecule has 1 aromatic heterocycles. The van der Waals surface area contributed by atoms with E-state index in [9.17, 15) is 9.18 Å². The minimum Gasteiger partial charge on any atom is -0.480 e. The number of hydrogen-bond acceptors (Lipinski definition) is 4. The zero-order valence-electron chi connectivity index (χ0n) is 9.88. The minimum absolute atomic E-state index is 0.212. The normalized spacial score (nSPS) is 10.2. The number of nitrogens with zero attached hydrogens (tertiary/aromatic N) is 2. The van der Waals surface area contributed by atoms with Crippen molar-refractivity contribution < 1.29 is 18.7 Å². The fraction of sp³-hybridized carbons (Fsp3) is 0.167. The van der Waals surface area contributed by atoms with Gasteiger partial charge in [0.25, 0.3) is 0 Å². The van der Waals surface area contributed by atoms with E-state index in [1.165, 1.54) is 49.4 Å². The number of aromatic nitrogens is 2. The molecule has 2 aromatic rings. The van der Waals surface area contributed by atoms with E-state index in [4.69, 9.17) is 4.74 Å². The number of carbonyl (C=O) groups is 1. The van der Waals surface area contributed by atoms with Crippen molar-refractivity contribution in [1.82, 2.24) is 9.78 Å². The molecule has 18 heavy (non-hydrogen) atoms. The summed E-state index contributed by atoms with van der Waals surface area (Å²) in [5, 5.41) is 4.02. The predicted molar refractivity (Wildman–Crippen MR) is 61.4 cm³/mol. The summed E-state index contributed by atoms with van der Waals surface area (Å²) in [6.45, 7) is 0. The molecule has 94 valence electrons. The van der Waals surface area contributed by atoms with Gasteiger partial charge in [-0.3, -0.25) is 0 Å². The van der Waals surface area contributed by atoms with Gasteiger partial charge in [0.05, 0.1) is 26.1 Å². The number of halogens is 1. The number of esters is 1. The van der Waals surface area contributed by atoms with Crippen molar-refractivity contribution in [3.63, 3.8) is 0 Å². The Balaban J connectivity index is 2.48. The summed E-state index contributed by atoms with van der Waals surface area (Å²) in [5.74, 6) is -0.647. The standard InChI is InChI=1S/C12H11FN2O3/c1-17-11-10(12(16)18-2)7-14-15(11)9-5-3-8(13)4-6-9/h3-7H,1-2H3. The van der Waals surface area contributed by atoms with E-state index in [2.05, 4.69) is 9.84 Å². The number of methoxy groups -OCH3 is 2. The molecule has 0 radical (unpaired) electrons. The van der Waals surface area contributed by atoms with Crippen molar-refractivity contribution in [1.29, 1.82) is 0 Å². The summed E-state index contributed by atoms with van der Waals surface area (Å²) >= 11 is 0. The van der Waals surface area contributed by atoms with Gasteiger partial charge in [0.2, 0.25) is 5.88 Å². The highest BCUT2D eigenvalue weighted by Gasteiger charge is 2.19. The molecular formula is C12H11FN2O3. The van der Waals surface area contributed by atoms with Crippen molar-refractivity contribution in [3.8, 4) is 11.6 Å². The lowest BCUT2D eigenvalue weighted by Gasteiger charge is -2.07. The molecule has 0 saturated carbocycles. The van der Waals surface area contributed by atoms with Crippen LogP contribution in [0.25, 0.3) is 5.69 Å². The van der Waals surface area contributed by atoms with Crippen molar-refractivity contribution in [2.24, 2.45) is 0 Å². The monoisotopic (exact) mass is 250 g/mol. The lowest BCUT2D eigenvalue weighted by atomic mass is 10.3. The molecule has 0 saturated heterocycles. The van der Waals surface area contributed by atoms with E-state index >= 15 is 0 Å². The number of benzene rings is 1. The molecule has 0 atom stereocenters. The molecule has 2 rings (SSSR count). The van der Waals surface area contributed by atoms with Gasteiger partial charge in [-0.1, -0.05) is 0 Å². The van der Waals surface area contributed by atoms with E-state index < -0.39 is 5.97 Å². The molecule has 1 heterocycles. The first kappa shape index (κ1) is 12.1. The largest absolute Gasteiger partial charge is 0.480 e. The van der Waals surface area contributed by atoms with Crippen LogP contribution in [0.1, 0.15) is 10.4 Å². The molecule has 0 aliphatic heterocycles. The summed E-state index contributed by atoms with van der Waals surface area (Å²) < 4.78 is 24.0. The molecule has 0 bridgehead atoms. The van der Waals surface area contributed by atoms with Gasteiger partial charge in [0, 0.05) is 0 Å². The lowest BCUT2D eigenvalue weighted by molar-refractivity contribution is 0.0597. The Morgan fingerprint density at radius 3 is 2.50 bits per heavy atom. The molecule has 0 N–H and O–H groups in total. The molecule has 0 amide bonds. The van der Waals surface area contributed by atoms with E-state index in [1.807, 2.05) is 0 Å². The first-order valence-electron chi connectivity index (χ1n) is 5.13. The van der Waals surface area contributed by atoms with Crippen LogP contribution in [0, 0.1) is 5.82 Å². The van der Waals surface area contributed by atoms with Gasteiger partial charge in [-0.2, -0.15) is 5.10 Å². The van der Waals surface area contributed by atoms with E-state index in [0.29, 0.717) is 5.69 Å².